The number of ether oxygens (including phenoxy) is 1. The molecule has 2 amide bonds. The van der Waals surface area contributed by atoms with Crippen molar-refractivity contribution in [2.75, 3.05) is 19.7 Å². The molecule has 2 aliphatic rings. The lowest BCUT2D eigenvalue weighted by atomic mass is 9.84. The molecule has 1 saturated heterocycles. The quantitative estimate of drug-likeness (QED) is 0.735. The first-order valence-corrected chi connectivity index (χ1v) is 8.62. The Morgan fingerprint density at radius 2 is 2.00 bits per heavy atom. The Labute approximate surface area is 137 Å². The number of nitrogens with zero attached hydrogens (tertiary/aromatic N) is 1. The first-order valence-electron chi connectivity index (χ1n) is 8.62. The van der Waals surface area contributed by atoms with Crippen molar-refractivity contribution in [1.82, 2.24) is 10.2 Å². The van der Waals surface area contributed by atoms with Crippen molar-refractivity contribution in [1.29, 1.82) is 0 Å². The zero-order chi connectivity index (χ0) is 16.7. The third-order valence-corrected chi connectivity index (χ3v) is 4.78. The molecule has 23 heavy (non-hydrogen) atoms. The van der Waals surface area contributed by atoms with Crippen LogP contribution in [0.25, 0.3) is 0 Å². The van der Waals surface area contributed by atoms with E-state index in [1.165, 1.54) is 0 Å². The van der Waals surface area contributed by atoms with Crippen LogP contribution in [0.1, 0.15) is 44.9 Å². The number of carboxylic acids is 1. The van der Waals surface area contributed by atoms with Crippen LogP contribution < -0.4 is 5.32 Å². The first-order chi connectivity index (χ1) is 11.1. The number of amides is 2. The molecule has 130 valence electrons. The van der Waals surface area contributed by atoms with Gasteiger partial charge in [0.05, 0.1) is 12.7 Å². The van der Waals surface area contributed by atoms with E-state index in [0.717, 1.165) is 44.9 Å². The summed E-state index contributed by atoms with van der Waals surface area (Å²) in [7, 11) is 0. The molecule has 0 spiro atoms. The third kappa shape index (κ3) is 5.23. The smallest absolute Gasteiger partial charge is 0.326 e. The molecule has 2 rings (SSSR count). The summed E-state index contributed by atoms with van der Waals surface area (Å²) in [5, 5.41) is 12.2. The highest BCUT2D eigenvalue weighted by Gasteiger charge is 2.33. The fraction of sp³-hybridized carbons (Fsp3) is 0.765. The number of hydrogen-bond acceptors (Lipinski definition) is 3. The molecular weight excluding hydrogens is 296 g/mol. The Balaban J connectivity index is 1.89. The number of hydrogen-bond donors (Lipinski definition) is 2. The van der Waals surface area contributed by atoms with E-state index in [1.807, 2.05) is 0 Å². The molecule has 1 aliphatic carbocycles. The highest BCUT2D eigenvalue weighted by atomic mass is 16.5. The van der Waals surface area contributed by atoms with Crippen molar-refractivity contribution in [3.63, 3.8) is 0 Å². The molecule has 6 nitrogen and oxygen atoms in total. The lowest BCUT2D eigenvalue weighted by Gasteiger charge is -2.35. The van der Waals surface area contributed by atoms with E-state index in [4.69, 9.17) is 4.74 Å². The van der Waals surface area contributed by atoms with E-state index >= 15 is 0 Å². The summed E-state index contributed by atoms with van der Waals surface area (Å²) in [5.74, 6) is -0.885. The highest BCUT2D eigenvalue weighted by molar-refractivity contribution is 5.82. The van der Waals surface area contributed by atoms with Crippen LogP contribution in [-0.2, 0) is 9.53 Å². The van der Waals surface area contributed by atoms with Gasteiger partial charge in [-0.3, -0.25) is 0 Å². The first kappa shape index (κ1) is 17.8. The van der Waals surface area contributed by atoms with Gasteiger partial charge in [-0.1, -0.05) is 25.3 Å². The average molecular weight is 324 g/mol. The second-order valence-electron chi connectivity index (χ2n) is 6.50. The number of likely N-dealkylation sites (tertiary alicyclic amines) is 1. The second kappa shape index (κ2) is 8.91. The van der Waals surface area contributed by atoms with E-state index in [9.17, 15) is 14.7 Å². The van der Waals surface area contributed by atoms with Crippen molar-refractivity contribution in [2.24, 2.45) is 5.92 Å². The summed E-state index contributed by atoms with van der Waals surface area (Å²) in [6, 6.07) is -1.06. The van der Waals surface area contributed by atoms with Gasteiger partial charge in [0, 0.05) is 13.1 Å². The van der Waals surface area contributed by atoms with Gasteiger partial charge in [-0.15, -0.1) is 6.58 Å². The molecule has 1 unspecified atom stereocenters. The number of carbonyl (C=O) groups is 2. The number of aliphatic carboxylic acids is 1. The van der Waals surface area contributed by atoms with Crippen molar-refractivity contribution < 1.29 is 19.4 Å². The maximum absolute atomic E-state index is 12.5. The summed E-state index contributed by atoms with van der Waals surface area (Å²) in [5.41, 5.74) is 0. The van der Waals surface area contributed by atoms with E-state index in [1.54, 1.807) is 11.0 Å². The second-order valence-corrected chi connectivity index (χ2v) is 6.50. The molecule has 1 saturated carbocycles. The molecule has 0 aromatic rings. The van der Waals surface area contributed by atoms with Gasteiger partial charge >= 0.3 is 12.0 Å². The minimum Gasteiger partial charge on any atom is -0.480 e. The van der Waals surface area contributed by atoms with Gasteiger partial charge in [-0.25, -0.2) is 9.59 Å². The molecule has 0 aromatic heterocycles. The summed E-state index contributed by atoms with van der Waals surface area (Å²) in [6.45, 7) is 5.26. The molecule has 2 atom stereocenters. The van der Waals surface area contributed by atoms with E-state index in [0.29, 0.717) is 19.7 Å². The maximum Gasteiger partial charge on any atom is 0.326 e. The fourth-order valence-corrected chi connectivity index (χ4v) is 3.54. The summed E-state index contributed by atoms with van der Waals surface area (Å²) in [6.07, 6.45) is 8.50. The number of piperidine rings is 1. The minimum absolute atomic E-state index is 0.00505. The lowest BCUT2D eigenvalue weighted by molar-refractivity contribution is -0.141. The molecular formula is C17H28N2O4. The number of carboxylic acid groups (broad SMARTS) is 1. The molecule has 0 aromatic carbocycles. The van der Waals surface area contributed by atoms with Crippen molar-refractivity contribution in [2.45, 2.75) is 57.1 Å². The number of nitrogens with one attached hydrogen (secondary N) is 1. The van der Waals surface area contributed by atoms with Crippen LogP contribution in [0, 0.1) is 5.92 Å². The molecule has 0 bridgehead atoms. The predicted octanol–water partition coefficient (Wildman–Crippen LogP) is 2.40. The van der Waals surface area contributed by atoms with Gasteiger partial charge in [0.2, 0.25) is 0 Å². The van der Waals surface area contributed by atoms with Gasteiger partial charge in [-0.05, 0) is 31.6 Å². The highest BCUT2D eigenvalue weighted by Crippen LogP contribution is 2.27. The Hall–Kier alpha value is -1.56. The topological polar surface area (TPSA) is 78.9 Å². The molecule has 2 fully saturated rings. The number of carbonyl (C=O) groups excluding carboxylic acids is 1. The van der Waals surface area contributed by atoms with E-state index in [2.05, 4.69) is 11.9 Å². The van der Waals surface area contributed by atoms with Crippen LogP contribution in [-0.4, -0.2) is 53.8 Å². The largest absolute Gasteiger partial charge is 0.480 e. The van der Waals surface area contributed by atoms with Gasteiger partial charge in [-0.2, -0.15) is 0 Å². The summed E-state index contributed by atoms with van der Waals surface area (Å²) in [4.78, 5) is 25.7. The molecule has 0 radical (unpaired) electrons. The Morgan fingerprint density at radius 3 is 2.65 bits per heavy atom. The zero-order valence-corrected chi connectivity index (χ0v) is 13.7. The van der Waals surface area contributed by atoms with Crippen LogP contribution in [0.5, 0.6) is 0 Å². The van der Waals surface area contributed by atoms with Gasteiger partial charge < -0.3 is 20.1 Å². The van der Waals surface area contributed by atoms with Gasteiger partial charge in [0.15, 0.2) is 0 Å². The average Bonchev–Trinajstić information content (AvgIpc) is 2.58. The Kier molecular flexibility index (Phi) is 6.89. The van der Waals surface area contributed by atoms with Crippen LogP contribution >= 0.6 is 0 Å². The van der Waals surface area contributed by atoms with E-state index in [-0.39, 0.29) is 18.1 Å². The van der Waals surface area contributed by atoms with Gasteiger partial charge in [0.25, 0.3) is 0 Å². The van der Waals surface area contributed by atoms with Crippen LogP contribution in [0.15, 0.2) is 12.7 Å². The van der Waals surface area contributed by atoms with Crippen LogP contribution in [0.4, 0.5) is 4.79 Å². The van der Waals surface area contributed by atoms with Crippen LogP contribution in [0.3, 0.4) is 0 Å². The molecule has 2 N–H and O–H groups in total. The van der Waals surface area contributed by atoms with Crippen molar-refractivity contribution in [3.05, 3.63) is 12.7 Å². The molecule has 1 heterocycles. The fourth-order valence-electron chi connectivity index (χ4n) is 3.54. The third-order valence-electron chi connectivity index (χ3n) is 4.78. The van der Waals surface area contributed by atoms with Crippen molar-refractivity contribution in [3.8, 4) is 0 Å². The SMILES string of the molecule is C=CCOC1CCCN(C(=O)N[C@H](C(=O)O)C2CCCCC2)C1. The van der Waals surface area contributed by atoms with Gasteiger partial charge in [0.1, 0.15) is 6.04 Å². The Morgan fingerprint density at radius 1 is 1.26 bits per heavy atom. The summed E-state index contributed by atoms with van der Waals surface area (Å²) < 4.78 is 5.63. The molecule has 1 aliphatic heterocycles. The lowest BCUT2D eigenvalue weighted by Crippen LogP contribution is -2.54. The minimum atomic E-state index is -0.929. The summed E-state index contributed by atoms with van der Waals surface area (Å²) >= 11 is 0. The van der Waals surface area contributed by atoms with E-state index < -0.39 is 12.0 Å². The number of urea groups is 1. The van der Waals surface area contributed by atoms with Crippen LogP contribution in [0.2, 0.25) is 0 Å². The maximum atomic E-state index is 12.5. The normalized spacial score (nSPS) is 24.0. The number of rotatable bonds is 6. The van der Waals surface area contributed by atoms with Crippen molar-refractivity contribution >= 4 is 12.0 Å². The zero-order valence-electron chi connectivity index (χ0n) is 13.7. The standard InChI is InChI=1S/C17H28N2O4/c1-2-11-23-14-9-6-10-19(12-14)17(22)18-15(16(20)21)13-7-4-3-5-8-13/h2,13-15H,1,3-12H2,(H,18,22)(H,20,21)/t14?,15-/m0/s1. The predicted molar refractivity (Wildman–Crippen MR) is 87.3 cm³/mol. The Bertz CT molecular complexity index is 421. The molecule has 6 heteroatoms. The monoisotopic (exact) mass is 324 g/mol.